The number of aryl methyl sites for hydroxylation is 1. The normalized spacial score (nSPS) is 12.4. The highest BCUT2D eigenvalue weighted by molar-refractivity contribution is 5.84. The second-order valence-corrected chi connectivity index (χ2v) is 5.76. The van der Waals surface area contributed by atoms with Crippen LogP contribution in [-0.2, 0) is 17.8 Å². The minimum atomic E-state index is -0.830. The Bertz CT molecular complexity index is 823. The minimum Gasteiger partial charge on any atom is -0.480 e. The van der Waals surface area contributed by atoms with Crippen LogP contribution in [0.25, 0.3) is 10.9 Å². The van der Waals surface area contributed by atoms with Gasteiger partial charge < -0.3 is 15.4 Å². The van der Waals surface area contributed by atoms with Crippen molar-refractivity contribution < 1.29 is 9.90 Å². The molecular formula is C19H20N2O2. The number of fused-ring (bicyclic) bond motifs is 1. The van der Waals surface area contributed by atoms with Gasteiger partial charge in [0.15, 0.2) is 0 Å². The van der Waals surface area contributed by atoms with Gasteiger partial charge in [-0.2, -0.15) is 0 Å². The van der Waals surface area contributed by atoms with Crippen molar-refractivity contribution >= 4 is 16.9 Å². The maximum absolute atomic E-state index is 11.6. The van der Waals surface area contributed by atoms with Crippen LogP contribution in [0.3, 0.4) is 0 Å². The fourth-order valence-electron chi connectivity index (χ4n) is 2.81. The van der Waals surface area contributed by atoms with Gasteiger partial charge in [0.05, 0.1) is 0 Å². The van der Waals surface area contributed by atoms with Crippen LogP contribution in [0.4, 0.5) is 0 Å². The fraction of sp³-hybridized carbons (Fsp3) is 0.211. The second-order valence-electron chi connectivity index (χ2n) is 5.76. The van der Waals surface area contributed by atoms with Crippen molar-refractivity contribution in [2.24, 2.45) is 0 Å². The smallest absolute Gasteiger partial charge is 0.321 e. The number of benzene rings is 2. The number of nitrogens with one attached hydrogen (secondary N) is 2. The molecule has 0 amide bonds. The molecular weight excluding hydrogens is 288 g/mol. The molecule has 0 spiro atoms. The lowest BCUT2D eigenvalue weighted by molar-refractivity contribution is -0.139. The Morgan fingerprint density at radius 2 is 1.87 bits per heavy atom. The second kappa shape index (κ2) is 6.67. The number of aromatic nitrogens is 1. The van der Waals surface area contributed by atoms with Gasteiger partial charge in [-0.25, -0.2) is 0 Å². The van der Waals surface area contributed by atoms with Crippen molar-refractivity contribution in [2.75, 3.05) is 0 Å². The van der Waals surface area contributed by atoms with Crippen LogP contribution in [0.2, 0.25) is 0 Å². The van der Waals surface area contributed by atoms with Gasteiger partial charge in [-0.05, 0) is 29.7 Å². The summed E-state index contributed by atoms with van der Waals surface area (Å²) in [6.45, 7) is 2.58. The van der Waals surface area contributed by atoms with Gasteiger partial charge in [-0.3, -0.25) is 4.79 Å². The number of para-hydroxylation sites is 1. The van der Waals surface area contributed by atoms with Crippen LogP contribution in [0, 0.1) is 6.92 Å². The summed E-state index contributed by atoms with van der Waals surface area (Å²) in [5, 5.41) is 13.8. The molecule has 1 heterocycles. The summed E-state index contributed by atoms with van der Waals surface area (Å²) in [4.78, 5) is 14.8. The predicted octanol–water partition coefficient (Wildman–Crippen LogP) is 3.26. The monoisotopic (exact) mass is 308 g/mol. The van der Waals surface area contributed by atoms with Gasteiger partial charge in [-0.15, -0.1) is 0 Å². The van der Waals surface area contributed by atoms with E-state index >= 15 is 0 Å². The molecule has 3 N–H and O–H groups in total. The van der Waals surface area contributed by atoms with E-state index in [-0.39, 0.29) is 0 Å². The molecule has 0 fully saturated rings. The zero-order chi connectivity index (χ0) is 16.2. The average Bonchev–Trinajstić information content (AvgIpc) is 2.95. The Balaban J connectivity index is 1.75. The number of carboxylic acids is 1. The lowest BCUT2D eigenvalue weighted by Gasteiger charge is -2.15. The molecule has 0 bridgehead atoms. The van der Waals surface area contributed by atoms with Gasteiger partial charge in [-0.1, -0.05) is 42.5 Å². The van der Waals surface area contributed by atoms with Crippen LogP contribution in [-0.4, -0.2) is 22.1 Å². The zero-order valence-corrected chi connectivity index (χ0v) is 13.0. The van der Waals surface area contributed by atoms with E-state index in [2.05, 4.69) is 10.3 Å². The Kier molecular flexibility index (Phi) is 4.44. The van der Waals surface area contributed by atoms with Crippen molar-refractivity contribution in [1.82, 2.24) is 10.3 Å². The van der Waals surface area contributed by atoms with Crippen LogP contribution in [0.15, 0.2) is 54.7 Å². The van der Waals surface area contributed by atoms with Gasteiger partial charge in [0, 0.05) is 30.1 Å². The lowest BCUT2D eigenvalue weighted by Crippen LogP contribution is -2.38. The van der Waals surface area contributed by atoms with E-state index in [0.29, 0.717) is 13.0 Å². The topological polar surface area (TPSA) is 65.1 Å². The minimum absolute atomic E-state index is 0.450. The summed E-state index contributed by atoms with van der Waals surface area (Å²) in [5.74, 6) is -0.830. The maximum atomic E-state index is 11.6. The Hall–Kier alpha value is -2.59. The summed E-state index contributed by atoms with van der Waals surface area (Å²) in [6, 6.07) is 15.3. The molecule has 0 saturated carbocycles. The Labute approximate surface area is 135 Å². The third-order valence-corrected chi connectivity index (χ3v) is 4.20. The van der Waals surface area contributed by atoms with Crippen molar-refractivity contribution in [3.05, 3.63) is 71.4 Å². The molecule has 0 saturated heterocycles. The average molecular weight is 308 g/mol. The highest BCUT2D eigenvalue weighted by Gasteiger charge is 2.19. The van der Waals surface area contributed by atoms with E-state index in [1.54, 1.807) is 0 Å². The van der Waals surface area contributed by atoms with Crippen molar-refractivity contribution in [2.45, 2.75) is 25.9 Å². The quantitative estimate of drug-likeness (QED) is 0.655. The van der Waals surface area contributed by atoms with Crippen LogP contribution >= 0.6 is 0 Å². The molecule has 0 unspecified atom stereocenters. The Morgan fingerprint density at radius 3 is 2.65 bits per heavy atom. The molecule has 23 heavy (non-hydrogen) atoms. The number of carboxylic acid groups (broad SMARTS) is 1. The zero-order valence-electron chi connectivity index (χ0n) is 13.0. The van der Waals surface area contributed by atoms with E-state index in [0.717, 1.165) is 27.6 Å². The molecule has 0 aliphatic carbocycles. The molecule has 3 rings (SSSR count). The first kappa shape index (κ1) is 15.3. The summed E-state index contributed by atoms with van der Waals surface area (Å²) in [7, 11) is 0. The maximum Gasteiger partial charge on any atom is 0.321 e. The summed E-state index contributed by atoms with van der Waals surface area (Å²) in [5.41, 5.74) is 4.34. The first-order chi connectivity index (χ1) is 11.1. The van der Waals surface area contributed by atoms with E-state index in [1.807, 2.05) is 61.7 Å². The van der Waals surface area contributed by atoms with E-state index in [4.69, 9.17) is 0 Å². The molecule has 4 heteroatoms. The van der Waals surface area contributed by atoms with Crippen LogP contribution < -0.4 is 5.32 Å². The number of H-pyrrole nitrogens is 1. The predicted molar refractivity (Wildman–Crippen MR) is 91.4 cm³/mol. The van der Waals surface area contributed by atoms with E-state index in [9.17, 15) is 9.90 Å². The largest absolute Gasteiger partial charge is 0.480 e. The van der Waals surface area contributed by atoms with Crippen molar-refractivity contribution in [3.8, 4) is 0 Å². The molecule has 118 valence electrons. The molecule has 4 nitrogen and oxygen atoms in total. The van der Waals surface area contributed by atoms with Gasteiger partial charge in [0.1, 0.15) is 6.04 Å². The number of hydrogen-bond donors (Lipinski definition) is 3. The number of aliphatic carboxylic acids is 1. The SMILES string of the molecule is Cc1ccccc1CN[C@@H](Cc1c[nH]c2ccccc12)C(=O)O. The number of hydrogen-bond acceptors (Lipinski definition) is 2. The molecule has 1 atom stereocenters. The van der Waals surface area contributed by atoms with E-state index in [1.165, 1.54) is 0 Å². The van der Waals surface area contributed by atoms with Crippen LogP contribution in [0.5, 0.6) is 0 Å². The summed E-state index contributed by atoms with van der Waals surface area (Å²) >= 11 is 0. The molecule has 3 aromatic rings. The summed E-state index contributed by atoms with van der Waals surface area (Å²) in [6.07, 6.45) is 2.35. The first-order valence-corrected chi connectivity index (χ1v) is 7.71. The fourth-order valence-corrected chi connectivity index (χ4v) is 2.81. The van der Waals surface area contributed by atoms with E-state index < -0.39 is 12.0 Å². The van der Waals surface area contributed by atoms with Gasteiger partial charge in [0.2, 0.25) is 0 Å². The van der Waals surface area contributed by atoms with Crippen molar-refractivity contribution in [1.29, 1.82) is 0 Å². The number of rotatable bonds is 6. The first-order valence-electron chi connectivity index (χ1n) is 7.71. The highest BCUT2D eigenvalue weighted by atomic mass is 16.4. The third-order valence-electron chi connectivity index (χ3n) is 4.20. The van der Waals surface area contributed by atoms with Crippen molar-refractivity contribution in [3.63, 3.8) is 0 Å². The van der Waals surface area contributed by atoms with Crippen LogP contribution in [0.1, 0.15) is 16.7 Å². The third kappa shape index (κ3) is 3.43. The molecule has 1 aromatic heterocycles. The number of aromatic amines is 1. The van der Waals surface area contributed by atoms with Gasteiger partial charge in [0.25, 0.3) is 0 Å². The summed E-state index contributed by atoms with van der Waals surface area (Å²) < 4.78 is 0. The molecule has 2 aromatic carbocycles. The molecule has 0 aliphatic rings. The van der Waals surface area contributed by atoms with Gasteiger partial charge >= 0.3 is 5.97 Å². The standard InChI is InChI=1S/C19H20N2O2/c1-13-6-2-3-7-14(13)11-21-18(19(22)23)10-15-12-20-17-9-5-4-8-16(15)17/h2-9,12,18,20-21H,10-11H2,1H3,(H,22,23)/t18-/m0/s1. The lowest BCUT2D eigenvalue weighted by atomic mass is 10.0. The highest BCUT2D eigenvalue weighted by Crippen LogP contribution is 2.19. The Morgan fingerprint density at radius 1 is 1.13 bits per heavy atom. The molecule has 0 radical (unpaired) electrons. The molecule has 0 aliphatic heterocycles. The number of carbonyl (C=O) groups is 1.